The van der Waals surface area contributed by atoms with Crippen LogP contribution in [0.3, 0.4) is 0 Å². The molecular weight excluding hydrogens is 323 g/mol. The molecule has 1 heterocycles. The molecule has 8 heteroatoms. The maximum atomic E-state index is 13.9. The van der Waals surface area contributed by atoms with Crippen LogP contribution in [-0.4, -0.2) is 51.0 Å². The van der Waals surface area contributed by atoms with E-state index in [1.165, 1.54) is 10.4 Å². The first-order valence-corrected chi connectivity index (χ1v) is 8.98. The minimum absolute atomic E-state index is 0.0879. The molecule has 1 aliphatic heterocycles. The molecule has 2 rings (SSSR count). The molecule has 1 fully saturated rings. The van der Waals surface area contributed by atoms with Gasteiger partial charge in [-0.15, -0.1) is 0 Å². The molecule has 0 bridgehead atoms. The number of carbonyl (C=O) groups excluding carboxylic acids is 1. The van der Waals surface area contributed by atoms with E-state index in [0.717, 1.165) is 12.1 Å². The standard InChI is InChI=1S/C15H21FN2O4S/c1-3-11(2)17-15(19)13-10-12(4-5-14(13)16)23(20,21)18-6-8-22-9-7-18/h4-5,10-11H,3,6-9H2,1-2H3,(H,17,19)/t11-/m0/s1. The van der Waals surface area contributed by atoms with Crippen molar-refractivity contribution < 1.29 is 22.3 Å². The summed E-state index contributed by atoms with van der Waals surface area (Å²) < 4.78 is 45.5. The Labute approximate surface area is 135 Å². The molecule has 0 radical (unpaired) electrons. The first-order chi connectivity index (χ1) is 10.9. The molecule has 1 aromatic carbocycles. The smallest absolute Gasteiger partial charge is 0.254 e. The van der Waals surface area contributed by atoms with E-state index in [4.69, 9.17) is 4.74 Å². The zero-order valence-electron chi connectivity index (χ0n) is 13.2. The maximum absolute atomic E-state index is 13.9. The van der Waals surface area contributed by atoms with Gasteiger partial charge in [0.2, 0.25) is 10.0 Å². The van der Waals surface area contributed by atoms with Crippen LogP contribution in [0.25, 0.3) is 0 Å². The minimum Gasteiger partial charge on any atom is -0.379 e. The fraction of sp³-hybridized carbons (Fsp3) is 0.533. The Kier molecular flexibility index (Phi) is 5.72. The fourth-order valence-electron chi connectivity index (χ4n) is 2.18. The molecule has 0 unspecified atom stereocenters. The third-order valence-electron chi connectivity index (χ3n) is 3.78. The fourth-order valence-corrected chi connectivity index (χ4v) is 3.61. The van der Waals surface area contributed by atoms with Crippen LogP contribution in [0.1, 0.15) is 30.6 Å². The molecule has 1 atom stereocenters. The lowest BCUT2D eigenvalue weighted by atomic mass is 10.1. The van der Waals surface area contributed by atoms with Crippen LogP contribution in [0.5, 0.6) is 0 Å². The van der Waals surface area contributed by atoms with Crippen LogP contribution in [0, 0.1) is 5.82 Å². The zero-order chi connectivity index (χ0) is 17.0. The lowest BCUT2D eigenvalue weighted by Gasteiger charge is -2.26. The highest BCUT2D eigenvalue weighted by molar-refractivity contribution is 7.89. The molecule has 128 valence electrons. The average Bonchev–Trinajstić information content (AvgIpc) is 2.55. The Hall–Kier alpha value is -1.51. The summed E-state index contributed by atoms with van der Waals surface area (Å²) in [5.74, 6) is -1.36. The molecule has 1 amide bonds. The van der Waals surface area contributed by atoms with Crippen molar-refractivity contribution in [2.75, 3.05) is 26.3 Å². The zero-order valence-corrected chi connectivity index (χ0v) is 14.0. The molecule has 1 saturated heterocycles. The summed E-state index contributed by atoms with van der Waals surface area (Å²) in [6, 6.07) is 3.16. The normalized spacial score (nSPS) is 17.7. The summed E-state index contributed by atoms with van der Waals surface area (Å²) in [6.45, 7) is 4.82. The van der Waals surface area contributed by atoms with Gasteiger partial charge in [-0.2, -0.15) is 4.31 Å². The third-order valence-corrected chi connectivity index (χ3v) is 5.67. The van der Waals surface area contributed by atoms with Crippen molar-refractivity contribution in [2.24, 2.45) is 0 Å². The van der Waals surface area contributed by atoms with Gasteiger partial charge in [0.1, 0.15) is 5.82 Å². The summed E-state index contributed by atoms with van der Waals surface area (Å²) in [7, 11) is -3.76. The van der Waals surface area contributed by atoms with E-state index in [1.54, 1.807) is 6.92 Å². The van der Waals surface area contributed by atoms with E-state index in [0.29, 0.717) is 19.6 Å². The van der Waals surface area contributed by atoms with Crippen LogP contribution >= 0.6 is 0 Å². The number of nitrogens with zero attached hydrogens (tertiary/aromatic N) is 1. The summed E-state index contributed by atoms with van der Waals surface area (Å²) in [4.78, 5) is 12.0. The average molecular weight is 344 g/mol. The van der Waals surface area contributed by atoms with Gasteiger partial charge in [-0.3, -0.25) is 4.79 Å². The van der Waals surface area contributed by atoms with E-state index in [1.807, 2.05) is 6.92 Å². The number of halogens is 1. The van der Waals surface area contributed by atoms with Gasteiger partial charge in [0.15, 0.2) is 0 Å². The van der Waals surface area contributed by atoms with Crippen molar-refractivity contribution in [2.45, 2.75) is 31.2 Å². The van der Waals surface area contributed by atoms with Crippen molar-refractivity contribution in [1.82, 2.24) is 9.62 Å². The quantitative estimate of drug-likeness (QED) is 0.875. The number of carbonyl (C=O) groups is 1. The molecule has 0 aliphatic carbocycles. The maximum Gasteiger partial charge on any atom is 0.254 e. The van der Waals surface area contributed by atoms with E-state index in [2.05, 4.69) is 5.32 Å². The van der Waals surface area contributed by atoms with E-state index < -0.39 is 21.7 Å². The van der Waals surface area contributed by atoms with Crippen molar-refractivity contribution in [1.29, 1.82) is 0 Å². The Morgan fingerprint density at radius 2 is 2.04 bits per heavy atom. The number of rotatable bonds is 5. The first-order valence-electron chi connectivity index (χ1n) is 7.54. The first kappa shape index (κ1) is 17.8. The highest BCUT2D eigenvalue weighted by Gasteiger charge is 2.28. The number of ether oxygens (including phenoxy) is 1. The van der Waals surface area contributed by atoms with Crippen molar-refractivity contribution in [3.8, 4) is 0 Å². The Bertz CT molecular complexity index is 672. The monoisotopic (exact) mass is 344 g/mol. The summed E-state index contributed by atoms with van der Waals surface area (Å²) in [5.41, 5.74) is -0.264. The number of hydrogen-bond donors (Lipinski definition) is 1. The van der Waals surface area contributed by atoms with Gasteiger partial charge in [-0.1, -0.05) is 6.92 Å². The minimum atomic E-state index is -3.76. The number of benzene rings is 1. The van der Waals surface area contributed by atoms with Crippen molar-refractivity contribution in [3.63, 3.8) is 0 Å². The van der Waals surface area contributed by atoms with Crippen LogP contribution in [0.2, 0.25) is 0 Å². The number of hydrogen-bond acceptors (Lipinski definition) is 4. The predicted molar refractivity (Wildman–Crippen MR) is 83.2 cm³/mol. The summed E-state index contributed by atoms with van der Waals surface area (Å²) in [6.07, 6.45) is 0.694. The molecule has 0 saturated carbocycles. The second-order valence-electron chi connectivity index (χ2n) is 5.44. The Morgan fingerprint density at radius 1 is 1.39 bits per heavy atom. The van der Waals surface area contributed by atoms with Gasteiger partial charge in [0, 0.05) is 19.1 Å². The van der Waals surface area contributed by atoms with Gasteiger partial charge in [-0.25, -0.2) is 12.8 Å². The SMILES string of the molecule is CC[C@H](C)NC(=O)c1cc(S(=O)(=O)N2CCOCC2)ccc1F. The van der Waals surface area contributed by atoms with Crippen LogP contribution in [-0.2, 0) is 14.8 Å². The lowest BCUT2D eigenvalue weighted by Crippen LogP contribution is -2.40. The van der Waals surface area contributed by atoms with Gasteiger partial charge >= 0.3 is 0 Å². The molecular formula is C15H21FN2O4S. The second kappa shape index (κ2) is 7.37. The van der Waals surface area contributed by atoms with Gasteiger partial charge in [0.25, 0.3) is 5.91 Å². The van der Waals surface area contributed by atoms with Crippen molar-refractivity contribution >= 4 is 15.9 Å². The van der Waals surface area contributed by atoms with Crippen molar-refractivity contribution in [3.05, 3.63) is 29.6 Å². The molecule has 6 nitrogen and oxygen atoms in total. The van der Waals surface area contributed by atoms with Gasteiger partial charge in [-0.05, 0) is 31.5 Å². The molecule has 0 spiro atoms. The number of nitrogens with one attached hydrogen (secondary N) is 1. The predicted octanol–water partition coefficient (Wildman–Crippen LogP) is 1.37. The highest BCUT2D eigenvalue weighted by atomic mass is 32.2. The van der Waals surface area contributed by atoms with E-state index >= 15 is 0 Å². The molecule has 23 heavy (non-hydrogen) atoms. The van der Waals surface area contributed by atoms with Crippen LogP contribution in [0.4, 0.5) is 4.39 Å². The van der Waals surface area contributed by atoms with Gasteiger partial charge < -0.3 is 10.1 Å². The van der Waals surface area contributed by atoms with E-state index in [9.17, 15) is 17.6 Å². The summed E-state index contributed by atoms with van der Waals surface area (Å²) in [5, 5.41) is 2.64. The second-order valence-corrected chi connectivity index (χ2v) is 7.38. The number of amides is 1. The Balaban J connectivity index is 2.30. The summed E-state index contributed by atoms with van der Waals surface area (Å²) >= 11 is 0. The lowest BCUT2D eigenvalue weighted by molar-refractivity contribution is 0.0730. The largest absolute Gasteiger partial charge is 0.379 e. The molecule has 0 aromatic heterocycles. The van der Waals surface area contributed by atoms with E-state index in [-0.39, 0.29) is 29.6 Å². The number of morpholine rings is 1. The molecule has 1 aromatic rings. The number of sulfonamides is 1. The highest BCUT2D eigenvalue weighted by Crippen LogP contribution is 2.20. The van der Waals surface area contributed by atoms with Gasteiger partial charge in [0.05, 0.1) is 23.7 Å². The Morgan fingerprint density at radius 3 is 2.65 bits per heavy atom. The molecule has 1 N–H and O–H groups in total. The molecule has 1 aliphatic rings. The third kappa shape index (κ3) is 4.07. The van der Waals surface area contributed by atoms with Crippen LogP contribution in [0.15, 0.2) is 23.1 Å². The van der Waals surface area contributed by atoms with Crippen LogP contribution < -0.4 is 5.32 Å². The topological polar surface area (TPSA) is 75.7 Å².